The number of sulfonamides is 1. The van der Waals surface area contributed by atoms with Gasteiger partial charge in [-0.05, 0) is 55.3 Å². The molecule has 0 saturated carbocycles. The number of anilines is 1. The number of nitrogens with zero attached hydrogens (tertiary/aromatic N) is 3. The molecule has 0 radical (unpaired) electrons. The Morgan fingerprint density at radius 3 is 2.28 bits per heavy atom. The Bertz CT molecular complexity index is 1420. The first kappa shape index (κ1) is 29.8. The molecule has 206 valence electrons. The number of nitro groups is 1. The van der Waals surface area contributed by atoms with E-state index in [0.29, 0.717) is 13.0 Å². The highest BCUT2D eigenvalue weighted by atomic mass is 79.9. The molecule has 1 N–H and O–H groups in total. The van der Waals surface area contributed by atoms with Crippen LogP contribution in [0, 0.1) is 10.1 Å². The number of hydrogen-bond acceptors (Lipinski definition) is 6. The quantitative estimate of drug-likeness (QED) is 0.236. The first-order chi connectivity index (χ1) is 18.5. The van der Waals surface area contributed by atoms with Crippen molar-refractivity contribution in [3.63, 3.8) is 0 Å². The van der Waals surface area contributed by atoms with Crippen molar-refractivity contribution in [2.24, 2.45) is 0 Å². The second-order valence-electron chi connectivity index (χ2n) is 8.72. The molecule has 0 heterocycles. The molecule has 10 nitrogen and oxygen atoms in total. The average Bonchev–Trinajstić information content (AvgIpc) is 2.93. The van der Waals surface area contributed by atoms with Crippen LogP contribution < -0.4 is 9.62 Å². The summed E-state index contributed by atoms with van der Waals surface area (Å²) in [5.41, 5.74) is 0.587. The van der Waals surface area contributed by atoms with E-state index < -0.39 is 33.4 Å². The van der Waals surface area contributed by atoms with E-state index in [2.05, 4.69) is 21.2 Å². The maximum Gasteiger partial charge on any atom is 0.269 e. The lowest BCUT2D eigenvalue weighted by atomic mass is 10.1. The van der Waals surface area contributed by atoms with E-state index in [9.17, 15) is 28.1 Å². The summed E-state index contributed by atoms with van der Waals surface area (Å²) in [7, 11) is -4.25. The fourth-order valence-corrected chi connectivity index (χ4v) is 5.68. The minimum atomic E-state index is -4.25. The molecule has 0 bridgehead atoms. The molecule has 2 amide bonds. The first-order valence-corrected chi connectivity index (χ1v) is 14.4. The Balaban J connectivity index is 2.03. The number of halogens is 1. The molecule has 0 aliphatic rings. The van der Waals surface area contributed by atoms with Gasteiger partial charge in [0, 0.05) is 29.7 Å². The van der Waals surface area contributed by atoms with Gasteiger partial charge in [0.2, 0.25) is 11.8 Å². The van der Waals surface area contributed by atoms with E-state index in [1.807, 2.05) is 19.1 Å². The van der Waals surface area contributed by atoms with E-state index in [1.54, 1.807) is 37.3 Å². The minimum absolute atomic E-state index is 0.0524. The van der Waals surface area contributed by atoms with Crippen LogP contribution in [0.25, 0.3) is 0 Å². The van der Waals surface area contributed by atoms with Crippen molar-refractivity contribution in [1.29, 1.82) is 0 Å². The van der Waals surface area contributed by atoms with Gasteiger partial charge < -0.3 is 10.2 Å². The molecular formula is C27H29BrN4O6S. The van der Waals surface area contributed by atoms with Gasteiger partial charge in [0.15, 0.2) is 0 Å². The van der Waals surface area contributed by atoms with Gasteiger partial charge in [0.05, 0.1) is 15.5 Å². The van der Waals surface area contributed by atoms with E-state index in [4.69, 9.17) is 0 Å². The summed E-state index contributed by atoms with van der Waals surface area (Å²) >= 11 is 3.41. The molecule has 1 unspecified atom stereocenters. The smallest absolute Gasteiger partial charge is 0.269 e. The molecular weight excluding hydrogens is 588 g/mol. The van der Waals surface area contributed by atoms with Crippen molar-refractivity contribution in [3.05, 3.63) is 99.0 Å². The largest absolute Gasteiger partial charge is 0.354 e. The monoisotopic (exact) mass is 616 g/mol. The molecule has 12 heteroatoms. The number of benzene rings is 3. The van der Waals surface area contributed by atoms with Gasteiger partial charge in [-0.1, -0.05) is 53.2 Å². The minimum Gasteiger partial charge on any atom is -0.354 e. The van der Waals surface area contributed by atoms with Gasteiger partial charge in [0.1, 0.15) is 12.6 Å². The zero-order chi connectivity index (χ0) is 28.6. The Labute approximate surface area is 236 Å². The summed E-state index contributed by atoms with van der Waals surface area (Å²) in [4.78, 5) is 38.5. The fourth-order valence-electron chi connectivity index (χ4n) is 3.80. The van der Waals surface area contributed by atoms with E-state index in [0.717, 1.165) is 14.3 Å². The molecule has 0 aliphatic carbocycles. The second kappa shape index (κ2) is 13.3. The highest BCUT2D eigenvalue weighted by Crippen LogP contribution is 2.26. The van der Waals surface area contributed by atoms with Gasteiger partial charge >= 0.3 is 0 Å². The third-order valence-corrected chi connectivity index (χ3v) is 8.20. The summed E-state index contributed by atoms with van der Waals surface area (Å²) in [6.45, 7) is 3.35. The van der Waals surface area contributed by atoms with Crippen LogP contribution in [-0.4, -0.2) is 49.2 Å². The number of carbonyl (C=O) groups is 2. The predicted molar refractivity (Wildman–Crippen MR) is 152 cm³/mol. The van der Waals surface area contributed by atoms with Gasteiger partial charge in [-0.25, -0.2) is 8.42 Å². The van der Waals surface area contributed by atoms with Crippen LogP contribution >= 0.6 is 15.9 Å². The summed E-state index contributed by atoms with van der Waals surface area (Å²) in [5.74, 6) is -0.986. The zero-order valence-electron chi connectivity index (χ0n) is 21.5. The molecule has 0 aliphatic heterocycles. The lowest BCUT2D eigenvalue weighted by molar-refractivity contribution is -0.384. The molecule has 1 atom stereocenters. The Morgan fingerprint density at radius 1 is 1.03 bits per heavy atom. The Kier molecular flexibility index (Phi) is 10.2. The third-order valence-electron chi connectivity index (χ3n) is 5.92. The molecule has 0 aromatic heterocycles. The summed E-state index contributed by atoms with van der Waals surface area (Å²) in [6, 6.07) is 18.8. The van der Waals surface area contributed by atoms with Crippen LogP contribution in [0.2, 0.25) is 0 Å². The van der Waals surface area contributed by atoms with Gasteiger partial charge in [-0.3, -0.25) is 24.0 Å². The summed E-state index contributed by atoms with van der Waals surface area (Å²) in [5, 5.41) is 13.9. The molecule has 0 fully saturated rings. The number of nitro benzene ring substituents is 1. The van der Waals surface area contributed by atoms with Crippen molar-refractivity contribution >= 4 is 49.1 Å². The standard InChI is InChI=1S/C27H29BrN4O6S/c1-3-16-29-27(34)20(2)30(18-21-8-7-9-22(28)17-21)26(33)19-31(23-12-14-24(15-13-23)32(35)36)39(37,38)25-10-5-4-6-11-25/h4-15,17,20H,3,16,18-19H2,1-2H3,(H,29,34). The van der Waals surface area contributed by atoms with Gasteiger partial charge in [-0.15, -0.1) is 0 Å². The van der Waals surface area contributed by atoms with Crippen molar-refractivity contribution in [2.75, 3.05) is 17.4 Å². The van der Waals surface area contributed by atoms with Gasteiger partial charge in [0.25, 0.3) is 15.7 Å². The maximum absolute atomic E-state index is 13.8. The Hall–Kier alpha value is -3.77. The Morgan fingerprint density at radius 2 is 1.69 bits per heavy atom. The highest BCUT2D eigenvalue weighted by Gasteiger charge is 2.32. The highest BCUT2D eigenvalue weighted by molar-refractivity contribution is 9.10. The number of carbonyl (C=O) groups excluding carboxylic acids is 2. The molecule has 3 aromatic carbocycles. The lowest BCUT2D eigenvalue weighted by Crippen LogP contribution is -2.51. The van der Waals surface area contributed by atoms with E-state index in [1.165, 1.54) is 41.3 Å². The SMILES string of the molecule is CCCNC(=O)C(C)N(Cc1cccc(Br)c1)C(=O)CN(c1ccc([N+](=O)[O-])cc1)S(=O)(=O)c1ccccc1. The fraction of sp³-hybridized carbons (Fsp3) is 0.259. The normalized spacial score (nSPS) is 11.9. The van der Waals surface area contributed by atoms with Crippen LogP contribution in [0.15, 0.2) is 88.2 Å². The topological polar surface area (TPSA) is 130 Å². The zero-order valence-corrected chi connectivity index (χ0v) is 23.9. The van der Waals surface area contributed by atoms with Crippen molar-refractivity contribution < 1.29 is 22.9 Å². The number of nitrogens with one attached hydrogen (secondary N) is 1. The average molecular weight is 618 g/mol. The maximum atomic E-state index is 13.8. The molecule has 0 saturated heterocycles. The van der Waals surface area contributed by atoms with Gasteiger partial charge in [-0.2, -0.15) is 0 Å². The number of amides is 2. The second-order valence-corrected chi connectivity index (χ2v) is 11.5. The first-order valence-electron chi connectivity index (χ1n) is 12.2. The molecule has 3 aromatic rings. The summed E-state index contributed by atoms with van der Waals surface area (Å²) < 4.78 is 29.1. The number of hydrogen-bond donors (Lipinski definition) is 1. The predicted octanol–water partition coefficient (Wildman–Crippen LogP) is 4.50. The number of rotatable bonds is 12. The number of non-ortho nitro benzene ring substituents is 1. The van der Waals surface area contributed by atoms with Crippen molar-refractivity contribution in [3.8, 4) is 0 Å². The third kappa shape index (κ3) is 7.64. The van der Waals surface area contributed by atoms with E-state index in [-0.39, 0.29) is 28.7 Å². The van der Waals surface area contributed by atoms with Crippen LogP contribution in [0.4, 0.5) is 11.4 Å². The van der Waals surface area contributed by atoms with Crippen LogP contribution in [0.5, 0.6) is 0 Å². The lowest BCUT2D eigenvalue weighted by Gasteiger charge is -2.32. The van der Waals surface area contributed by atoms with Crippen LogP contribution in [-0.2, 0) is 26.2 Å². The molecule has 39 heavy (non-hydrogen) atoms. The summed E-state index contributed by atoms with van der Waals surface area (Å²) in [6.07, 6.45) is 0.710. The van der Waals surface area contributed by atoms with E-state index >= 15 is 0 Å². The van der Waals surface area contributed by atoms with Crippen molar-refractivity contribution in [1.82, 2.24) is 10.2 Å². The molecule has 0 spiro atoms. The van der Waals surface area contributed by atoms with Crippen LogP contribution in [0.1, 0.15) is 25.8 Å². The molecule has 3 rings (SSSR count). The van der Waals surface area contributed by atoms with Crippen molar-refractivity contribution in [2.45, 2.75) is 37.8 Å². The van der Waals surface area contributed by atoms with Crippen LogP contribution in [0.3, 0.4) is 0 Å².